The zero-order valence-corrected chi connectivity index (χ0v) is 6.82. The van der Waals surface area contributed by atoms with E-state index in [1.807, 2.05) is 6.08 Å². The quantitative estimate of drug-likeness (QED) is 0.318. The predicted octanol–water partition coefficient (Wildman–Crippen LogP) is 3.22. The summed E-state index contributed by atoms with van der Waals surface area (Å²) < 4.78 is 0. The highest BCUT2D eigenvalue weighted by Crippen LogP contribution is 2.08. The van der Waals surface area contributed by atoms with Crippen LogP contribution in [0.5, 0.6) is 0 Å². The highest BCUT2D eigenvalue weighted by atomic mass is 35.5. The van der Waals surface area contributed by atoms with Gasteiger partial charge in [-0.25, -0.2) is 0 Å². The van der Waals surface area contributed by atoms with Crippen molar-refractivity contribution in [3.63, 3.8) is 0 Å². The Morgan fingerprint density at radius 2 is 2.33 bits per heavy atom. The molecule has 0 aliphatic rings. The molecule has 54 valence electrons. The van der Waals surface area contributed by atoms with Crippen LogP contribution in [0.3, 0.4) is 0 Å². The van der Waals surface area contributed by atoms with Gasteiger partial charge in [0.05, 0.1) is 0 Å². The van der Waals surface area contributed by atoms with E-state index < -0.39 is 0 Å². The third kappa shape index (κ3) is 5.91. The van der Waals surface area contributed by atoms with Gasteiger partial charge in [-0.1, -0.05) is 13.0 Å². The molecule has 0 nitrogen and oxygen atoms in total. The third-order valence-electron chi connectivity index (χ3n) is 1.37. The van der Waals surface area contributed by atoms with Gasteiger partial charge in [0.25, 0.3) is 0 Å². The molecule has 0 heterocycles. The molecule has 9 heavy (non-hydrogen) atoms. The van der Waals surface area contributed by atoms with Gasteiger partial charge in [-0.05, 0) is 25.2 Å². The summed E-state index contributed by atoms with van der Waals surface area (Å²) in [7, 11) is 0. The largest absolute Gasteiger partial charge is 0.126 e. The Morgan fingerprint density at radius 3 is 2.78 bits per heavy atom. The summed E-state index contributed by atoms with van der Waals surface area (Å²) in [6, 6.07) is 0. The molecule has 0 rings (SSSR count). The molecular weight excluding hydrogens is 132 g/mol. The Bertz CT molecular complexity index is 69.0. The molecule has 0 aliphatic heterocycles. The first-order chi connectivity index (χ1) is 4.31. The van der Waals surface area contributed by atoms with Crippen molar-refractivity contribution in [2.24, 2.45) is 5.92 Å². The zero-order chi connectivity index (χ0) is 7.11. The van der Waals surface area contributed by atoms with Gasteiger partial charge in [0.1, 0.15) is 0 Å². The summed E-state index contributed by atoms with van der Waals surface area (Å²) in [5.74, 6) is 1.46. The van der Waals surface area contributed by atoms with Gasteiger partial charge in [0, 0.05) is 5.88 Å². The Morgan fingerprint density at radius 1 is 1.67 bits per heavy atom. The average molecular weight is 147 g/mol. The number of hydrogen-bond acceptors (Lipinski definition) is 0. The topological polar surface area (TPSA) is 0 Å². The lowest BCUT2D eigenvalue weighted by atomic mass is 10.1. The van der Waals surface area contributed by atoms with E-state index in [2.05, 4.69) is 13.5 Å². The molecule has 0 saturated heterocycles. The van der Waals surface area contributed by atoms with Gasteiger partial charge in [0.15, 0.2) is 0 Å². The highest BCUT2D eigenvalue weighted by Gasteiger charge is 1.96. The molecule has 0 aromatic carbocycles. The normalized spacial score (nSPS) is 13.1. The molecule has 0 aliphatic carbocycles. The minimum absolute atomic E-state index is 0.673. The molecule has 0 spiro atoms. The zero-order valence-electron chi connectivity index (χ0n) is 6.07. The van der Waals surface area contributed by atoms with Crippen molar-refractivity contribution in [2.45, 2.75) is 26.2 Å². The first-order valence-electron chi connectivity index (χ1n) is 3.48. The second-order valence-electron chi connectivity index (χ2n) is 2.48. The van der Waals surface area contributed by atoms with Crippen LogP contribution in [0.4, 0.5) is 0 Å². The second-order valence-corrected chi connectivity index (χ2v) is 2.79. The lowest BCUT2D eigenvalue weighted by Crippen LogP contribution is -1.94. The van der Waals surface area contributed by atoms with Gasteiger partial charge < -0.3 is 0 Å². The summed E-state index contributed by atoms with van der Waals surface area (Å²) in [5.41, 5.74) is 0. The number of rotatable bonds is 5. The van der Waals surface area contributed by atoms with Gasteiger partial charge in [-0.15, -0.1) is 18.2 Å². The van der Waals surface area contributed by atoms with Crippen LogP contribution < -0.4 is 0 Å². The molecule has 0 fully saturated rings. The van der Waals surface area contributed by atoms with E-state index in [4.69, 9.17) is 11.6 Å². The number of allylic oxidation sites excluding steroid dienone is 1. The SMILES string of the molecule is C=CCCCC(C)CCl. The van der Waals surface area contributed by atoms with Crippen molar-refractivity contribution < 1.29 is 0 Å². The average Bonchev–Trinajstić information content (AvgIpc) is 1.89. The monoisotopic (exact) mass is 146 g/mol. The number of hydrogen-bond donors (Lipinski definition) is 0. The molecule has 1 heteroatoms. The standard InChI is InChI=1S/C8H15Cl/c1-3-4-5-6-8(2)7-9/h3,8H,1,4-7H2,2H3. The summed E-state index contributed by atoms with van der Waals surface area (Å²) in [6.07, 6.45) is 5.55. The minimum Gasteiger partial charge on any atom is -0.126 e. The van der Waals surface area contributed by atoms with Crippen LogP contribution in [0.25, 0.3) is 0 Å². The molecule has 0 amide bonds. The number of unbranched alkanes of at least 4 members (excludes halogenated alkanes) is 1. The number of halogens is 1. The van der Waals surface area contributed by atoms with E-state index in [1.165, 1.54) is 12.8 Å². The molecule has 0 aromatic rings. The van der Waals surface area contributed by atoms with Crippen LogP contribution in [0, 0.1) is 5.92 Å². The Hall–Kier alpha value is 0.0300. The minimum atomic E-state index is 0.673. The van der Waals surface area contributed by atoms with Crippen molar-refractivity contribution in [3.05, 3.63) is 12.7 Å². The maximum absolute atomic E-state index is 5.61. The van der Waals surface area contributed by atoms with Gasteiger partial charge in [-0.2, -0.15) is 0 Å². The molecule has 0 aromatic heterocycles. The molecule has 0 bridgehead atoms. The smallest absolute Gasteiger partial charge is 0.0249 e. The van der Waals surface area contributed by atoms with Crippen molar-refractivity contribution in [3.8, 4) is 0 Å². The Balaban J connectivity index is 2.96. The van der Waals surface area contributed by atoms with Gasteiger partial charge in [-0.3, -0.25) is 0 Å². The lowest BCUT2D eigenvalue weighted by Gasteiger charge is -2.03. The molecule has 1 atom stereocenters. The van der Waals surface area contributed by atoms with Gasteiger partial charge >= 0.3 is 0 Å². The maximum atomic E-state index is 5.61. The van der Waals surface area contributed by atoms with Crippen LogP contribution in [0.1, 0.15) is 26.2 Å². The molecule has 0 saturated carbocycles. The van der Waals surface area contributed by atoms with E-state index in [9.17, 15) is 0 Å². The summed E-state index contributed by atoms with van der Waals surface area (Å²) >= 11 is 5.61. The van der Waals surface area contributed by atoms with Crippen molar-refractivity contribution in [1.82, 2.24) is 0 Å². The van der Waals surface area contributed by atoms with E-state index >= 15 is 0 Å². The fourth-order valence-electron chi connectivity index (χ4n) is 0.688. The summed E-state index contributed by atoms with van der Waals surface area (Å²) in [4.78, 5) is 0. The lowest BCUT2D eigenvalue weighted by molar-refractivity contribution is 0.565. The molecule has 0 N–H and O–H groups in total. The van der Waals surface area contributed by atoms with Crippen LogP contribution >= 0.6 is 11.6 Å². The predicted molar refractivity (Wildman–Crippen MR) is 43.9 cm³/mol. The molecule has 0 radical (unpaired) electrons. The van der Waals surface area contributed by atoms with Crippen molar-refractivity contribution >= 4 is 11.6 Å². The third-order valence-corrected chi connectivity index (χ3v) is 1.90. The maximum Gasteiger partial charge on any atom is 0.0249 e. The Labute approximate surface area is 62.9 Å². The van der Waals surface area contributed by atoms with E-state index in [1.54, 1.807) is 0 Å². The summed E-state index contributed by atoms with van der Waals surface area (Å²) in [6.45, 7) is 5.83. The van der Waals surface area contributed by atoms with Crippen molar-refractivity contribution in [1.29, 1.82) is 0 Å². The highest BCUT2D eigenvalue weighted by molar-refractivity contribution is 6.18. The Kier molecular flexibility index (Phi) is 6.18. The van der Waals surface area contributed by atoms with Gasteiger partial charge in [0.2, 0.25) is 0 Å². The first kappa shape index (κ1) is 9.03. The van der Waals surface area contributed by atoms with Crippen LogP contribution in [0.15, 0.2) is 12.7 Å². The van der Waals surface area contributed by atoms with E-state index in [0.717, 1.165) is 12.3 Å². The second kappa shape index (κ2) is 6.15. The number of alkyl halides is 1. The van der Waals surface area contributed by atoms with E-state index in [0.29, 0.717) is 5.92 Å². The van der Waals surface area contributed by atoms with Crippen LogP contribution in [-0.2, 0) is 0 Å². The van der Waals surface area contributed by atoms with Crippen molar-refractivity contribution in [2.75, 3.05) is 5.88 Å². The molecular formula is C8H15Cl. The van der Waals surface area contributed by atoms with Crippen LogP contribution in [0.2, 0.25) is 0 Å². The first-order valence-corrected chi connectivity index (χ1v) is 4.01. The fraction of sp³-hybridized carbons (Fsp3) is 0.750. The summed E-state index contributed by atoms with van der Waals surface area (Å²) in [5, 5.41) is 0. The fourth-order valence-corrected chi connectivity index (χ4v) is 0.842. The molecule has 1 unspecified atom stereocenters. The van der Waals surface area contributed by atoms with Crippen LogP contribution in [-0.4, -0.2) is 5.88 Å². The van der Waals surface area contributed by atoms with E-state index in [-0.39, 0.29) is 0 Å².